The quantitative estimate of drug-likeness (QED) is 0.766. The van der Waals surface area contributed by atoms with Gasteiger partial charge in [0.25, 0.3) is 0 Å². The Bertz CT molecular complexity index is 316. The van der Waals surface area contributed by atoms with E-state index < -0.39 is 0 Å². The van der Waals surface area contributed by atoms with Gasteiger partial charge in [0, 0.05) is 11.4 Å². The van der Waals surface area contributed by atoms with Crippen LogP contribution in [-0.2, 0) is 0 Å². The Morgan fingerprint density at radius 2 is 2.43 bits per heavy atom. The van der Waals surface area contributed by atoms with Crippen LogP contribution in [0.5, 0.6) is 0 Å². The molecule has 1 aliphatic rings. The Kier molecular flexibility index (Phi) is 3.03. The van der Waals surface area contributed by atoms with Crippen molar-refractivity contribution in [1.82, 2.24) is 15.3 Å². The lowest BCUT2D eigenvalue weighted by Crippen LogP contribution is -2.29. The molecule has 0 spiro atoms. The molecule has 2 atom stereocenters. The van der Waals surface area contributed by atoms with E-state index in [1.165, 1.54) is 6.42 Å². The number of nitrogens with one attached hydrogen (secondary N) is 1. The summed E-state index contributed by atoms with van der Waals surface area (Å²) in [5.74, 6) is 0.850. The number of nitrogens with zero attached hydrogens (tertiary/aromatic N) is 2. The Morgan fingerprint density at radius 1 is 1.57 bits per heavy atom. The second kappa shape index (κ2) is 4.28. The molecule has 0 aliphatic carbocycles. The van der Waals surface area contributed by atoms with Gasteiger partial charge >= 0.3 is 0 Å². The van der Waals surface area contributed by atoms with E-state index >= 15 is 0 Å². The van der Waals surface area contributed by atoms with Crippen LogP contribution in [0.3, 0.4) is 0 Å². The summed E-state index contributed by atoms with van der Waals surface area (Å²) in [5.41, 5.74) is 1.11. The average Bonchev–Trinajstić information content (AvgIpc) is 2.18. The zero-order valence-corrected chi connectivity index (χ0v) is 9.34. The normalized spacial score (nSPS) is 27.6. The standard InChI is InChI=1S/C10H15N3S/c1-7-3-5-12-10(14-7)9-4-6-11-8(2)13-9/h4,6-7,10,12H,3,5H2,1-2H3. The lowest BCUT2D eigenvalue weighted by molar-refractivity contribution is 0.595. The van der Waals surface area contributed by atoms with Gasteiger partial charge < -0.3 is 5.32 Å². The van der Waals surface area contributed by atoms with E-state index in [9.17, 15) is 0 Å². The van der Waals surface area contributed by atoms with Crippen molar-refractivity contribution in [2.45, 2.75) is 30.9 Å². The average molecular weight is 209 g/mol. The van der Waals surface area contributed by atoms with Gasteiger partial charge in [0.05, 0.1) is 11.1 Å². The van der Waals surface area contributed by atoms with Gasteiger partial charge in [0.1, 0.15) is 5.82 Å². The summed E-state index contributed by atoms with van der Waals surface area (Å²) in [7, 11) is 0. The molecule has 1 N–H and O–H groups in total. The zero-order chi connectivity index (χ0) is 9.97. The van der Waals surface area contributed by atoms with Crippen LogP contribution in [-0.4, -0.2) is 21.8 Å². The molecule has 14 heavy (non-hydrogen) atoms. The fraction of sp³-hybridized carbons (Fsp3) is 0.600. The minimum Gasteiger partial charge on any atom is -0.300 e. The first kappa shape index (κ1) is 9.93. The molecule has 2 heterocycles. The fourth-order valence-electron chi connectivity index (χ4n) is 1.56. The van der Waals surface area contributed by atoms with E-state index in [1.54, 1.807) is 0 Å². The van der Waals surface area contributed by atoms with Gasteiger partial charge in [-0.3, -0.25) is 0 Å². The molecule has 0 saturated carbocycles. The van der Waals surface area contributed by atoms with Crippen molar-refractivity contribution in [2.75, 3.05) is 6.54 Å². The maximum Gasteiger partial charge on any atom is 0.125 e. The van der Waals surface area contributed by atoms with Gasteiger partial charge in [-0.05, 0) is 26.0 Å². The van der Waals surface area contributed by atoms with Crippen molar-refractivity contribution in [2.24, 2.45) is 0 Å². The van der Waals surface area contributed by atoms with Crippen molar-refractivity contribution < 1.29 is 0 Å². The highest BCUT2D eigenvalue weighted by atomic mass is 32.2. The third kappa shape index (κ3) is 2.25. The summed E-state index contributed by atoms with van der Waals surface area (Å²) in [4.78, 5) is 8.54. The van der Waals surface area contributed by atoms with Crippen LogP contribution in [0.4, 0.5) is 0 Å². The maximum atomic E-state index is 4.44. The SMILES string of the molecule is Cc1nccc(C2NCCC(C)S2)n1. The minimum absolute atomic E-state index is 0.348. The van der Waals surface area contributed by atoms with Crippen LogP contribution in [0.15, 0.2) is 12.3 Å². The highest BCUT2D eigenvalue weighted by molar-refractivity contribution is 8.00. The van der Waals surface area contributed by atoms with Crippen LogP contribution in [0.1, 0.15) is 30.2 Å². The van der Waals surface area contributed by atoms with Crippen molar-refractivity contribution >= 4 is 11.8 Å². The van der Waals surface area contributed by atoms with Gasteiger partial charge in [-0.2, -0.15) is 0 Å². The summed E-state index contributed by atoms with van der Waals surface area (Å²) >= 11 is 1.95. The second-order valence-electron chi connectivity index (χ2n) is 3.60. The number of rotatable bonds is 1. The first-order valence-corrected chi connectivity index (χ1v) is 5.88. The highest BCUT2D eigenvalue weighted by Crippen LogP contribution is 2.32. The Morgan fingerprint density at radius 3 is 3.14 bits per heavy atom. The molecule has 0 amide bonds. The minimum atomic E-state index is 0.348. The van der Waals surface area contributed by atoms with Gasteiger partial charge in [-0.1, -0.05) is 6.92 Å². The molecular weight excluding hydrogens is 194 g/mol. The lowest BCUT2D eigenvalue weighted by atomic mass is 10.3. The summed E-state index contributed by atoms with van der Waals surface area (Å²) in [6.45, 7) is 5.29. The molecule has 0 aromatic carbocycles. The summed E-state index contributed by atoms with van der Waals surface area (Å²) < 4.78 is 0. The van der Waals surface area contributed by atoms with Gasteiger partial charge in [0.15, 0.2) is 0 Å². The summed E-state index contributed by atoms with van der Waals surface area (Å²) in [5, 5.41) is 4.53. The fourth-order valence-corrected chi connectivity index (χ4v) is 2.76. The molecule has 0 radical (unpaired) electrons. The number of thioether (sulfide) groups is 1. The van der Waals surface area contributed by atoms with Crippen LogP contribution in [0.25, 0.3) is 0 Å². The lowest BCUT2D eigenvalue weighted by Gasteiger charge is -2.27. The number of hydrogen-bond acceptors (Lipinski definition) is 4. The van der Waals surface area contributed by atoms with Crippen molar-refractivity contribution in [3.05, 3.63) is 23.8 Å². The molecule has 1 aromatic heterocycles. The van der Waals surface area contributed by atoms with Crippen LogP contribution >= 0.6 is 11.8 Å². The Hall–Kier alpha value is -0.610. The number of aryl methyl sites for hydroxylation is 1. The predicted octanol–water partition coefficient (Wildman–Crippen LogP) is 1.90. The van der Waals surface area contributed by atoms with Gasteiger partial charge in [-0.25, -0.2) is 9.97 Å². The molecular formula is C10H15N3S. The van der Waals surface area contributed by atoms with Crippen LogP contribution < -0.4 is 5.32 Å². The largest absolute Gasteiger partial charge is 0.300 e. The van der Waals surface area contributed by atoms with Crippen LogP contribution in [0.2, 0.25) is 0 Å². The van der Waals surface area contributed by atoms with E-state index in [0.29, 0.717) is 5.37 Å². The van der Waals surface area contributed by atoms with Crippen molar-refractivity contribution in [3.8, 4) is 0 Å². The molecule has 3 nitrogen and oxygen atoms in total. The van der Waals surface area contributed by atoms with Gasteiger partial charge in [-0.15, -0.1) is 11.8 Å². The Labute approximate surface area is 88.7 Å². The predicted molar refractivity (Wildman–Crippen MR) is 59.2 cm³/mol. The Balaban J connectivity index is 2.14. The topological polar surface area (TPSA) is 37.8 Å². The van der Waals surface area contributed by atoms with E-state index in [4.69, 9.17) is 0 Å². The molecule has 1 saturated heterocycles. The van der Waals surface area contributed by atoms with E-state index in [-0.39, 0.29) is 0 Å². The number of aromatic nitrogens is 2. The third-order valence-corrected chi connectivity index (χ3v) is 3.70. The van der Waals surface area contributed by atoms with E-state index in [1.807, 2.05) is 30.9 Å². The molecule has 0 bridgehead atoms. The molecule has 1 aliphatic heterocycles. The maximum absolute atomic E-state index is 4.44. The molecule has 1 fully saturated rings. The highest BCUT2D eigenvalue weighted by Gasteiger charge is 2.21. The van der Waals surface area contributed by atoms with E-state index in [0.717, 1.165) is 23.3 Å². The molecule has 4 heteroatoms. The van der Waals surface area contributed by atoms with E-state index in [2.05, 4.69) is 22.2 Å². The first-order chi connectivity index (χ1) is 6.75. The van der Waals surface area contributed by atoms with Gasteiger partial charge in [0.2, 0.25) is 0 Å². The van der Waals surface area contributed by atoms with Crippen LogP contribution in [0, 0.1) is 6.92 Å². The smallest absolute Gasteiger partial charge is 0.125 e. The van der Waals surface area contributed by atoms with Crippen molar-refractivity contribution in [3.63, 3.8) is 0 Å². The summed E-state index contributed by atoms with van der Waals surface area (Å²) in [6.07, 6.45) is 3.07. The van der Waals surface area contributed by atoms with Crippen molar-refractivity contribution in [1.29, 1.82) is 0 Å². The molecule has 1 aromatic rings. The first-order valence-electron chi connectivity index (χ1n) is 4.94. The number of hydrogen-bond donors (Lipinski definition) is 1. The zero-order valence-electron chi connectivity index (χ0n) is 8.53. The monoisotopic (exact) mass is 209 g/mol. The molecule has 2 unspecified atom stereocenters. The molecule has 2 rings (SSSR count). The second-order valence-corrected chi connectivity index (χ2v) is 5.15. The summed E-state index contributed by atoms with van der Waals surface area (Å²) in [6, 6.07) is 2.00. The third-order valence-electron chi connectivity index (χ3n) is 2.32. The molecule has 76 valence electrons.